The van der Waals surface area contributed by atoms with Crippen molar-refractivity contribution in [1.82, 2.24) is 4.90 Å². The minimum absolute atomic E-state index is 0.00104. The predicted molar refractivity (Wildman–Crippen MR) is 50.6 cm³/mol. The number of aliphatic hydroxyl groups is 1. The average Bonchev–Trinajstić information content (AvgIpc) is 1.97. The number of rotatable bonds is 4. The number of methoxy groups -OCH3 is 1. The second kappa shape index (κ2) is 3.56. The molecule has 0 atom stereocenters. The van der Waals surface area contributed by atoms with Crippen LogP contribution >= 0.6 is 0 Å². The Labute approximate surface area is 79.7 Å². The predicted octanol–water partition coefficient (Wildman–Crippen LogP) is 0.480. The molecule has 0 aromatic carbocycles. The smallest absolute Gasteiger partial charge is 0.0552 e. The second-order valence-corrected chi connectivity index (χ2v) is 4.62. The van der Waals surface area contributed by atoms with Crippen molar-refractivity contribution < 1.29 is 9.84 Å². The van der Waals surface area contributed by atoms with Gasteiger partial charge in [-0.05, 0) is 19.3 Å². The molecule has 1 N–H and O–H groups in total. The molecule has 1 aliphatic heterocycles. The van der Waals surface area contributed by atoms with Gasteiger partial charge in [-0.2, -0.15) is 0 Å². The van der Waals surface area contributed by atoms with E-state index in [9.17, 15) is 5.11 Å². The molecule has 0 unspecified atom stereocenters. The maximum atomic E-state index is 9.21. The van der Waals surface area contributed by atoms with Gasteiger partial charge in [0.05, 0.1) is 6.10 Å². The fourth-order valence-corrected chi connectivity index (χ4v) is 2.69. The van der Waals surface area contributed by atoms with Crippen LogP contribution in [0.25, 0.3) is 0 Å². The van der Waals surface area contributed by atoms with Gasteiger partial charge in [0.1, 0.15) is 0 Å². The van der Waals surface area contributed by atoms with Gasteiger partial charge in [0, 0.05) is 38.8 Å². The first-order valence-electron chi connectivity index (χ1n) is 5.13. The molecule has 2 rings (SSSR count). The molecular weight excluding hydrogens is 166 g/mol. The maximum Gasteiger partial charge on any atom is 0.0552 e. The Kier molecular flexibility index (Phi) is 2.58. The van der Waals surface area contributed by atoms with Crippen LogP contribution in [0.2, 0.25) is 0 Å². The Morgan fingerprint density at radius 3 is 2.69 bits per heavy atom. The van der Waals surface area contributed by atoms with Crippen molar-refractivity contribution in [2.24, 2.45) is 5.41 Å². The first-order valence-corrected chi connectivity index (χ1v) is 5.13. The lowest BCUT2D eigenvalue weighted by molar-refractivity contribution is -0.128. The summed E-state index contributed by atoms with van der Waals surface area (Å²) in [4.78, 5) is 2.46. The Balaban J connectivity index is 1.57. The Hall–Kier alpha value is -0.120. The standard InChI is InChI=1S/C10H19NO2/c1-13-4-2-3-11-7-10(8-11)5-9(12)6-10/h9,12H,2-8H2,1H3. The summed E-state index contributed by atoms with van der Waals surface area (Å²) in [5.41, 5.74) is 0.520. The number of ether oxygens (including phenoxy) is 1. The molecule has 76 valence electrons. The highest BCUT2D eigenvalue weighted by Crippen LogP contribution is 2.48. The van der Waals surface area contributed by atoms with Gasteiger partial charge in [-0.3, -0.25) is 0 Å². The third kappa shape index (κ3) is 1.87. The van der Waals surface area contributed by atoms with E-state index in [-0.39, 0.29) is 6.10 Å². The summed E-state index contributed by atoms with van der Waals surface area (Å²) >= 11 is 0. The molecule has 2 fully saturated rings. The highest BCUT2D eigenvalue weighted by molar-refractivity contribution is 5.04. The van der Waals surface area contributed by atoms with Gasteiger partial charge in [0.25, 0.3) is 0 Å². The highest BCUT2D eigenvalue weighted by Gasteiger charge is 2.51. The molecule has 0 amide bonds. The van der Waals surface area contributed by atoms with E-state index in [1.165, 1.54) is 13.1 Å². The topological polar surface area (TPSA) is 32.7 Å². The van der Waals surface area contributed by atoms with E-state index in [1.54, 1.807) is 7.11 Å². The monoisotopic (exact) mass is 185 g/mol. The molecule has 13 heavy (non-hydrogen) atoms. The first kappa shape index (κ1) is 9.44. The van der Waals surface area contributed by atoms with E-state index < -0.39 is 0 Å². The first-order chi connectivity index (χ1) is 6.24. The van der Waals surface area contributed by atoms with E-state index in [0.29, 0.717) is 5.41 Å². The number of nitrogens with zero attached hydrogens (tertiary/aromatic N) is 1. The SMILES string of the molecule is COCCCN1CC2(CC(O)C2)C1. The van der Waals surface area contributed by atoms with Crippen molar-refractivity contribution in [2.45, 2.75) is 25.4 Å². The van der Waals surface area contributed by atoms with Crippen molar-refractivity contribution in [3.05, 3.63) is 0 Å². The van der Waals surface area contributed by atoms with Crippen LogP contribution in [0.3, 0.4) is 0 Å². The fraction of sp³-hybridized carbons (Fsp3) is 1.00. The lowest BCUT2D eigenvalue weighted by atomic mass is 9.62. The van der Waals surface area contributed by atoms with Gasteiger partial charge >= 0.3 is 0 Å². The van der Waals surface area contributed by atoms with Crippen LogP contribution in [0.4, 0.5) is 0 Å². The third-order valence-corrected chi connectivity index (χ3v) is 3.28. The van der Waals surface area contributed by atoms with E-state index in [1.807, 2.05) is 0 Å². The summed E-state index contributed by atoms with van der Waals surface area (Å²) in [5, 5.41) is 9.21. The molecule has 1 spiro atoms. The zero-order chi connectivity index (χ0) is 9.31. The summed E-state index contributed by atoms with van der Waals surface area (Å²) in [7, 11) is 1.75. The van der Waals surface area contributed by atoms with Gasteiger partial charge in [-0.25, -0.2) is 0 Å². The van der Waals surface area contributed by atoms with Gasteiger partial charge in [-0.15, -0.1) is 0 Å². The number of hydrogen-bond acceptors (Lipinski definition) is 3. The minimum atomic E-state index is 0.00104. The number of aliphatic hydroxyl groups excluding tert-OH is 1. The molecule has 0 aromatic rings. The summed E-state index contributed by atoms with van der Waals surface area (Å²) in [6.07, 6.45) is 3.21. The van der Waals surface area contributed by atoms with E-state index in [4.69, 9.17) is 4.74 Å². The fourth-order valence-electron chi connectivity index (χ4n) is 2.69. The van der Waals surface area contributed by atoms with Crippen LogP contribution in [0.5, 0.6) is 0 Å². The lowest BCUT2D eigenvalue weighted by Crippen LogP contribution is -2.63. The lowest BCUT2D eigenvalue weighted by Gasteiger charge is -2.58. The molecule has 3 nitrogen and oxygen atoms in total. The van der Waals surface area contributed by atoms with E-state index in [0.717, 1.165) is 32.4 Å². The zero-order valence-electron chi connectivity index (χ0n) is 8.33. The van der Waals surface area contributed by atoms with Crippen molar-refractivity contribution in [1.29, 1.82) is 0 Å². The third-order valence-electron chi connectivity index (χ3n) is 3.28. The van der Waals surface area contributed by atoms with Crippen molar-refractivity contribution >= 4 is 0 Å². The van der Waals surface area contributed by atoms with Crippen molar-refractivity contribution in [3.8, 4) is 0 Å². The quantitative estimate of drug-likeness (QED) is 0.647. The molecule has 0 aromatic heterocycles. The van der Waals surface area contributed by atoms with Crippen LogP contribution in [0, 0.1) is 5.41 Å². The van der Waals surface area contributed by atoms with Crippen LogP contribution in [-0.2, 0) is 4.74 Å². The van der Waals surface area contributed by atoms with Crippen LogP contribution in [0.15, 0.2) is 0 Å². The molecule has 1 aliphatic carbocycles. The van der Waals surface area contributed by atoms with E-state index in [2.05, 4.69) is 4.90 Å². The summed E-state index contributed by atoms with van der Waals surface area (Å²) < 4.78 is 5.00. The molecule has 0 bridgehead atoms. The molecular formula is C10H19NO2. The molecule has 1 saturated heterocycles. The average molecular weight is 185 g/mol. The molecule has 0 radical (unpaired) electrons. The maximum absolute atomic E-state index is 9.21. The van der Waals surface area contributed by atoms with Crippen molar-refractivity contribution in [2.75, 3.05) is 33.4 Å². The van der Waals surface area contributed by atoms with Crippen LogP contribution < -0.4 is 0 Å². The number of hydrogen-bond donors (Lipinski definition) is 1. The van der Waals surface area contributed by atoms with Crippen LogP contribution in [0.1, 0.15) is 19.3 Å². The summed E-state index contributed by atoms with van der Waals surface area (Å²) in [6, 6.07) is 0. The largest absolute Gasteiger partial charge is 0.393 e. The molecule has 1 saturated carbocycles. The van der Waals surface area contributed by atoms with Gasteiger partial charge < -0.3 is 14.7 Å². The van der Waals surface area contributed by atoms with Gasteiger partial charge in [0.15, 0.2) is 0 Å². The summed E-state index contributed by atoms with van der Waals surface area (Å²) in [5.74, 6) is 0. The Morgan fingerprint density at radius 2 is 2.15 bits per heavy atom. The van der Waals surface area contributed by atoms with Gasteiger partial charge in [0.2, 0.25) is 0 Å². The number of likely N-dealkylation sites (tertiary alicyclic amines) is 1. The van der Waals surface area contributed by atoms with E-state index >= 15 is 0 Å². The van der Waals surface area contributed by atoms with Crippen LogP contribution in [-0.4, -0.2) is 49.5 Å². The normalized spacial score (nSPS) is 27.2. The highest BCUT2D eigenvalue weighted by atomic mass is 16.5. The molecule has 3 heteroatoms. The molecule has 2 aliphatic rings. The Morgan fingerprint density at radius 1 is 1.46 bits per heavy atom. The summed E-state index contributed by atoms with van der Waals surface area (Å²) in [6.45, 7) is 4.43. The zero-order valence-corrected chi connectivity index (χ0v) is 8.33. The van der Waals surface area contributed by atoms with Crippen molar-refractivity contribution in [3.63, 3.8) is 0 Å². The van der Waals surface area contributed by atoms with Gasteiger partial charge in [-0.1, -0.05) is 0 Å². The minimum Gasteiger partial charge on any atom is -0.393 e. The molecule has 1 heterocycles. The Bertz CT molecular complexity index is 170. The second-order valence-electron chi connectivity index (χ2n) is 4.62.